The molecule has 84 valence electrons. The van der Waals surface area contributed by atoms with E-state index in [-0.39, 0.29) is 6.01 Å². The molecule has 3 rings (SSSR count). The Kier molecular flexibility index (Phi) is 2.20. The number of benzene rings is 1. The molecule has 0 atom stereocenters. The Morgan fingerprint density at radius 1 is 1.18 bits per heavy atom. The lowest BCUT2D eigenvalue weighted by Gasteiger charge is -2.00. The molecule has 0 amide bonds. The molecule has 0 fully saturated rings. The minimum atomic E-state index is 0.181. The van der Waals surface area contributed by atoms with Gasteiger partial charge < -0.3 is 4.52 Å². The summed E-state index contributed by atoms with van der Waals surface area (Å²) in [6.07, 6.45) is 1.71. The SMILES string of the molecule is NNc1nc(-c2ccnc3ccccc23)no1. The summed E-state index contributed by atoms with van der Waals surface area (Å²) in [4.78, 5) is 8.38. The zero-order valence-electron chi connectivity index (χ0n) is 8.79. The molecule has 2 heterocycles. The lowest BCUT2D eigenvalue weighted by atomic mass is 10.1. The average Bonchev–Trinajstić information content (AvgIpc) is 2.87. The highest BCUT2D eigenvalue weighted by Crippen LogP contribution is 2.25. The van der Waals surface area contributed by atoms with Gasteiger partial charge in [-0.25, -0.2) is 5.84 Å². The number of hydrogen-bond acceptors (Lipinski definition) is 6. The van der Waals surface area contributed by atoms with Crippen molar-refractivity contribution >= 4 is 16.9 Å². The molecule has 0 aliphatic heterocycles. The Balaban J connectivity index is 2.23. The van der Waals surface area contributed by atoms with Crippen LogP contribution in [-0.4, -0.2) is 15.1 Å². The summed E-state index contributed by atoms with van der Waals surface area (Å²) in [6.45, 7) is 0. The van der Waals surface area contributed by atoms with Crippen LogP contribution in [0.2, 0.25) is 0 Å². The van der Waals surface area contributed by atoms with Crippen LogP contribution in [0.25, 0.3) is 22.3 Å². The largest absolute Gasteiger partial charge is 0.335 e. The minimum Gasteiger partial charge on any atom is -0.314 e. The van der Waals surface area contributed by atoms with Crippen LogP contribution >= 0.6 is 0 Å². The quantitative estimate of drug-likeness (QED) is 0.510. The van der Waals surface area contributed by atoms with Gasteiger partial charge in [0.25, 0.3) is 0 Å². The maximum Gasteiger partial charge on any atom is 0.335 e. The second kappa shape index (κ2) is 3.84. The van der Waals surface area contributed by atoms with E-state index in [4.69, 9.17) is 10.4 Å². The zero-order chi connectivity index (χ0) is 11.7. The molecule has 0 saturated heterocycles. The first-order valence-corrected chi connectivity index (χ1v) is 5.03. The Morgan fingerprint density at radius 2 is 2.06 bits per heavy atom. The van der Waals surface area contributed by atoms with Gasteiger partial charge in [0.1, 0.15) is 0 Å². The zero-order valence-corrected chi connectivity index (χ0v) is 8.79. The average molecular weight is 227 g/mol. The molecule has 2 aromatic heterocycles. The van der Waals surface area contributed by atoms with Crippen LogP contribution in [0.3, 0.4) is 0 Å². The molecule has 0 radical (unpaired) electrons. The molecule has 0 unspecified atom stereocenters. The number of nitrogens with two attached hydrogens (primary N) is 1. The molecule has 0 saturated carbocycles. The van der Waals surface area contributed by atoms with E-state index in [9.17, 15) is 0 Å². The van der Waals surface area contributed by atoms with E-state index in [0.717, 1.165) is 16.5 Å². The first-order chi connectivity index (χ1) is 8.38. The third kappa shape index (κ3) is 1.60. The Hall–Kier alpha value is -2.47. The first kappa shape index (κ1) is 9.73. The summed E-state index contributed by atoms with van der Waals surface area (Å²) in [5.41, 5.74) is 4.06. The summed E-state index contributed by atoms with van der Waals surface area (Å²) >= 11 is 0. The maximum atomic E-state index is 5.20. The van der Waals surface area contributed by atoms with Crippen molar-refractivity contribution in [3.05, 3.63) is 36.5 Å². The molecular weight excluding hydrogens is 218 g/mol. The summed E-state index contributed by atoms with van der Waals surface area (Å²) in [5.74, 6) is 5.68. The van der Waals surface area contributed by atoms with Crippen LogP contribution in [0, 0.1) is 0 Å². The second-order valence-corrected chi connectivity index (χ2v) is 3.44. The number of fused-ring (bicyclic) bond motifs is 1. The van der Waals surface area contributed by atoms with Crippen LogP contribution in [0.15, 0.2) is 41.1 Å². The fourth-order valence-corrected chi connectivity index (χ4v) is 1.68. The Labute approximate surface area is 96.4 Å². The lowest BCUT2D eigenvalue weighted by molar-refractivity contribution is 0.432. The molecule has 1 aromatic carbocycles. The van der Waals surface area contributed by atoms with Gasteiger partial charge in [0.05, 0.1) is 5.52 Å². The van der Waals surface area contributed by atoms with Crippen LogP contribution in [0.4, 0.5) is 6.01 Å². The van der Waals surface area contributed by atoms with Gasteiger partial charge >= 0.3 is 6.01 Å². The fraction of sp³-hybridized carbons (Fsp3) is 0. The third-order valence-electron chi connectivity index (χ3n) is 2.44. The summed E-state index contributed by atoms with van der Waals surface area (Å²) in [6, 6.07) is 9.79. The lowest BCUT2D eigenvalue weighted by Crippen LogP contribution is -2.06. The van der Waals surface area contributed by atoms with Crippen LogP contribution < -0.4 is 11.3 Å². The third-order valence-corrected chi connectivity index (χ3v) is 2.44. The highest BCUT2D eigenvalue weighted by molar-refractivity contribution is 5.92. The summed E-state index contributed by atoms with van der Waals surface area (Å²) in [7, 11) is 0. The number of nitrogens with one attached hydrogen (secondary N) is 1. The fourth-order valence-electron chi connectivity index (χ4n) is 1.68. The van der Waals surface area contributed by atoms with Gasteiger partial charge in [-0.05, 0) is 12.1 Å². The minimum absolute atomic E-state index is 0.181. The smallest absolute Gasteiger partial charge is 0.314 e. The van der Waals surface area contributed by atoms with Gasteiger partial charge in [0.15, 0.2) is 0 Å². The molecule has 0 spiro atoms. The van der Waals surface area contributed by atoms with Crippen molar-refractivity contribution in [3.63, 3.8) is 0 Å². The number of para-hydroxylation sites is 1. The van der Waals surface area contributed by atoms with Crippen molar-refractivity contribution in [1.82, 2.24) is 15.1 Å². The van der Waals surface area contributed by atoms with E-state index in [1.807, 2.05) is 30.3 Å². The standard InChI is InChI=1S/C11H9N5O/c12-15-11-14-10(16-17-11)8-5-6-13-9-4-2-1-3-7(8)9/h1-6H,12H2,(H,14,15,16). The monoisotopic (exact) mass is 227 g/mol. The molecule has 0 aliphatic rings. The van der Waals surface area contributed by atoms with Crippen molar-refractivity contribution in [2.75, 3.05) is 5.43 Å². The number of hydrazine groups is 1. The van der Waals surface area contributed by atoms with Crippen molar-refractivity contribution in [2.24, 2.45) is 5.84 Å². The second-order valence-electron chi connectivity index (χ2n) is 3.44. The molecule has 3 aromatic rings. The van der Waals surface area contributed by atoms with Crippen LogP contribution in [-0.2, 0) is 0 Å². The Morgan fingerprint density at radius 3 is 2.88 bits per heavy atom. The van der Waals surface area contributed by atoms with Gasteiger partial charge in [-0.1, -0.05) is 23.4 Å². The number of pyridine rings is 1. The van der Waals surface area contributed by atoms with Gasteiger partial charge in [0, 0.05) is 17.1 Å². The molecular formula is C11H9N5O. The summed E-state index contributed by atoms with van der Waals surface area (Å²) in [5, 5.41) is 4.82. The van der Waals surface area contributed by atoms with Crippen molar-refractivity contribution in [3.8, 4) is 11.4 Å². The normalized spacial score (nSPS) is 10.6. The number of aromatic nitrogens is 3. The number of hydrogen-bond donors (Lipinski definition) is 2. The van der Waals surface area contributed by atoms with Crippen LogP contribution in [0.5, 0.6) is 0 Å². The topological polar surface area (TPSA) is 89.9 Å². The molecule has 6 heteroatoms. The van der Waals surface area contributed by atoms with Gasteiger partial charge in [-0.2, -0.15) is 4.98 Å². The van der Waals surface area contributed by atoms with Crippen molar-refractivity contribution in [2.45, 2.75) is 0 Å². The van der Waals surface area contributed by atoms with Crippen LogP contribution in [0.1, 0.15) is 0 Å². The van der Waals surface area contributed by atoms with E-state index in [1.165, 1.54) is 0 Å². The van der Waals surface area contributed by atoms with E-state index >= 15 is 0 Å². The molecule has 0 bridgehead atoms. The highest BCUT2D eigenvalue weighted by Gasteiger charge is 2.10. The van der Waals surface area contributed by atoms with E-state index in [1.54, 1.807) is 6.20 Å². The summed E-state index contributed by atoms with van der Waals surface area (Å²) < 4.78 is 4.90. The molecule has 3 N–H and O–H groups in total. The van der Waals surface area contributed by atoms with Gasteiger partial charge in [0.2, 0.25) is 5.82 Å². The van der Waals surface area contributed by atoms with Gasteiger partial charge in [-0.3, -0.25) is 10.4 Å². The predicted molar refractivity (Wildman–Crippen MR) is 62.8 cm³/mol. The van der Waals surface area contributed by atoms with E-state index < -0.39 is 0 Å². The van der Waals surface area contributed by atoms with Crippen molar-refractivity contribution < 1.29 is 4.52 Å². The number of nitrogens with zero attached hydrogens (tertiary/aromatic N) is 3. The molecule has 6 nitrogen and oxygen atoms in total. The van der Waals surface area contributed by atoms with E-state index in [2.05, 4.69) is 20.6 Å². The molecule has 0 aliphatic carbocycles. The van der Waals surface area contributed by atoms with E-state index in [0.29, 0.717) is 5.82 Å². The molecule has 17 heavy (non-hydrogen) atoms. The maximum absolute atomic E-state index is 5.20. The predicted octanol–water partition coefficient (Wildman–Crippen LogP) is 1.57. The van der Waals surface area contributed by atoms with Gasteiger partial charge in [-0.15, -0.1) is 0 Å². The first-order valence-electron chi connectivity index (χ1n) is 5.03. The number of anilines is 1. The number of rotatable bonds is 2. The Bertz CT molecular complexity index is 658. The highest BCUT2D eigenvalue weighted by atomic mass is 16.5. The van der Waals surface area contributed by atoms with Crippen molar-refractivity contribution in [1.29, 1.82) is 0 Å². The number of nitrogen functional groups attached to an aromatic ring is 1.